The number of amides is 4. The first kappa shape index (κ1) is 49.6. The number of fused-ring (bicyclic) bond motifs is 1. The molecule has 69 heavy (non-hydrogen) atoms. The Bertz CT molecular complexity index is 2550. The fourth-order valence-corrected chi connectivity index (χ4v) is 10.5. The molecular formula is C47H58ClN10O10P. The molecule has 0 spiro atoms. The highest BCUT2D eigenvalue weighted by molar-refractivity contribution is 7.62. The van der Waals surface area contributed by atoms with E-state index in [-0.39, 0.29) is 54.9 Å². The van der Waals surface area contributed by atoms with Gasteiger partial charge in [0, 0.05) is 108 Å². The molecule has 4 aromatic rings. The van der Waals surface area contributed by atoms with Crippen molar-refractivity contribution in [1.82, 2.24) is 30.0 Å². The lowest BCUT2D eigenvalue weighted by Gasteiger charge is -2.43. The molecule has 4 amide bonds. The molecule has 20 nitrogen and oxygen atoms in total. The lowest BCUT2D eigenvalue weighted by Crippen LogP contribution is -2.54. The summed E-state index contributed by atoms with van der Waals surface area (Å²) in [5, 5.41) is 12.6. The third-order valence-electron chi connectivity index (χ3n) is 12.9. The van der Waals surface area contributed by atoms with Crippen molar-refractivity contribution in [2.75, 3.05) is 114 Å². The van der Waals surface area contributed by atoms with Gasteiger partial charge in [-0.1, -0.05) is 29.8 Å². The van der Waals surface area contributed by atoms with Crippen molar-refractivity contribution < 1.29 is 47.0 Å². The molecule has 4 N–H and O–H groups in total. The number of carbonyl (C=O) groups excluding carboxylic acids is 4. The van der Waals surface area contributed by atoms with Gasteiger partial charge in [0.25, 0.3) is 5.91 Å². The number of benzene rings is 3. The maximum Gasteiger partial charge on any atom is 0.362 e. The minimum absolute atomic E-state index is 0.00120. The average molecular weight is 989 g/mol. The third-order valence-corrected chi connectivity index (χ3v) is 15.1. The van der Waals surface area contributed by atoms with E-state index in [4.69, 9.17) is 34.9 Å². The third kappa shape index (κ3) is 11.6. The van der Waals surface area contributed by atoms with Crippen LogP contribution >= 0.6 is 19.2 Å². The number of rotatable bonds is 20. The number of piperazine rings is 1. The molecule has 8 rings (SSSR count). The Labute approximate surface area is 405 Å². The van der Waals surface area contributed by atoms with E-state index in [0.29, 0.717) is 79.1 Å². The second kappa shape index (κ2) is 22.7. The van der Waals surface area contributed by atoms with E-state index in [1.165, 1.54) is 25.3 Å². The normalized spacial score (nSPS) is 18.0. The van der Waals surface area contributed by atoms with E-state index >= 15 is 0 Å². The lowest BCUT2D eigenvalue weighted by atomic mass is 10.0. The summed E-state index contributed by atoms with van der Waals surface area (Å²) in [6.45, 7) is 6.48. The SMILES string of the molecule is COc1cc(N2CCC(N3CCN(C(=O)COCCOCCNc4cccc5c4CN(C4CCC(=O)NC4=O)C5=O)CC3)CC2)ccc1Nc1ncc(Cl)c(Nc2ccccc2P(=O)(OC)OC)n1. The molecule has 0 bridgehead atoms. The smallest absolute Gasteiger partial charge is 0.362 e. The van der Waals surface area contributed by atoms with E-state index in [1.807, 2.05) is 29.2 Å². The van der Waals surface area contributed by atoms with Crippen LogP contribution in [0.2, 0.25) is 5.02 Å². The van der Waals surface area contributed by atoms with Gasteiger partial charge in [0.2, 0.25) is 23.7 Å². The van der Waals surface area contributed by atoms with Crippen molar-refractivity contribution in [3.05, 3.63) is 83.0 Å². The zero-order chi connectivity index (χ0) is 48.5. The molecule has 0 radical (unpaired) electrons. The number of halogens is 1. The van der Waals surface area contributed by atoms with Crippen molar-refractivity contribution in [2.24, 2.45) is 0 Å². The van der Waals surface area contributed by atoms with E-state index in [1.54, 1.807) is 43.5 Å². The van der Waals surface area contributed by atoms with Gasteiger partial charge in [-0.05, 0) is 55.7 Å². The molecule has 5 heterocycles. The summed E-state index contributed by atoms with van der Waals surface area (Å²) in [6, 6.07) is 18.1. The number of para-hydroxylation sites is 1. The van der Waals surface area contributed by atoms with Crippen LogP contribution in [-0.4, -0.2) is 154 Å². The number of imide groups is 1. The standard InChI is InChI=1S/C47H58ClN10O10P/c1-64-40-27-32(11-12-37(40)52-47-50-28-35(48)44(54-47)51-38-8-4-5-10-41(38)69(63,65-2)66-3)55-18-15-31(16-19-55)56-20-22-57(23-21-56)43(60)30-68-26-25-67-24-17-49-36-9-6-7-33-34(36)29-58(46(33)62)39-13-14-42(59)53-45(39)61/h4-12,27-28,31,39,49H,13-26,29-30H2,1-3H3,(H,53,59,61)(H2,50,51,52,54). The molecule has 0 aliphatic carbocycles. The van der Waals surface area contributed by atoms with Gasteiger partial charge in [-0.3, -0.25) is 34.0 Å². The lowest BCUT2D eigenvalue weighted by molar-refractivity contribution is -0.139. The van der Waals surface area contributed by atoms with Gasteiger partial charge in [0.15, 0.2) is 5.82 Å². The fraction of sp³-hybridized carbons (Fsp3) is 0.447. The van der Waals surface area contributed by atoms with Gasteiger partial charge in [-0.2, -0.15) is 4.98 Å². The van der Waals surface area contributed by atoms with Crippen LogP contribution in [-0.2, 0) is 44.0 Å². The zero-order valence-electron chi connectivity index (χ0n) is 38.9. The molecule has 3 saturated heterocycles. The number of piperidine rings is 2. The second-order valence-corrected chi connectivity index (χ2v) is 19.5. The molecule has 3 aromatic carbocycles. The number of anilines is 6. The molecule has 1 unspecified atom stereocenters. The van der Waals surface area contributed by atoms with Crippen LogP contribution in [0.25, 0.3) is 0 Å². The Morgan fingerprint density at radius 1 is 0.855 bits per heavy atom. The minimum Gasteiger partial charge on any atom is -0.494 e. The summed E-state index contributed by atoms with van der Waals surface area (Å²) in [5.74, 6) is 0.186. The molecule has 0 saturated carbocycles. The van der Waals surface area contributed by atoms with Gasteiger partial charge in [0.1, 0.15) is 23.4 Å². The Morgan fingerprint density at radius 2 is 1.61 bits per heavy atom. The van der Waals surface area contributed by atoms with E-state index in [9.17, 15) is 23.7 Å². The number of aromatic nitrogens is 2. The number of methoxy groups -OCH3 is 1. The van der Waals surface area contributed by atoms with Crippen molar-refractivity contribution in [3.8, 4) is 5.75 Å². The Kier molecular flexibility index (Phi) is 16.3. The highest BCUT2D eigenvalue weighted by Gasteiger charge is 2.40. The molecule has 368 valence electrons. The molecule has 4 aliphatic rings. The Morgan fingerprint density at radius 3 is 2.36 bits per heavy atom. The van der Waals surface area contributed by atoms with Gasteiger partial charge < -0.3 is 53.9 Å². The summed E-state index contributed by atoms with van der Waals surface area (Å²) >= 11 is 6.48. The minimum atomic E-state index is -3.58. The first-order valence-corrected chi connectivity index (χ1v) is 24.9. The predicted molar refractivity (Wildman–Crippen MR) is 260 cm³/mol. The van der Waals surface area contributed by atoms with Gasteiger partial charge in [-0.15, -0.1) is 0 Å². The number of hydrogen-bond acceptors (Lipinski definition) is 17. The van der Waals surface area contributed by atoms with Crippen molar-refractivity contribution in [2.45, 2.75) is 44.3 Å². The number of nitrogens with zero attached hydrogens (tertiary/aromatic N) is 6. The van der Waals surface area contributed by atoms with Gasteiger partial charge in [0.05, 0.1) is 49.8 Å². The molecule has 1 aromatic heterocycles. The van der Waals surface area contributed by atoms with Crippen LogP contribution in [0.5, 0.6) is 5.75 Å². The summed E-state index contributed by atoms with van der Waals surface area (Å²) in [4.78, 5) is 67.3. The van der Waals surface area contributed by atoms with Crippen molar-refractivity contribution in [1.29, 1.82) is 0 Å². The molecule has 22 heteroatoms. The first-order chi connectivity index (χ1) is 33.5. The topological polar surface area (TPSA) is 218 Å². The highest BCUT2D eigenvalue weighted by Crippen LogP contribution is 2.47. The summed E-state index contributed by atoms with van der Waals surface area (Å²) < 4.78 is 40.9. The number of carbonyl (C=O) groups is 4. The Balaban J connectivity index is 0.723. The summed E-state index contributed by atoms with van der Waals surface area (Å²) in [6.07, 6.45) is 3.98. The monoisotopic (exact) mass is 988 g/mol. The first-order valence-electron chi connectivity index (χ1n) is 23.0. The van der Waals surface area contributed by atoms with Gasteiger partial charge in [-0.25, -0.2) is 4.98 Å². The van der Waals surface area contributed by atoms with E-state index in [0.717, 1.165) is 56.0 Å². The Hall–Kier alpha value is -5.86. The van der Waals surface area contributed by atoms with Crippen LogP contribution in [0.3, 0.4) is 0 Å². The highest BCUT2D eigenvalue weighted by atomic mass is 35.5. The molecular weight excluding hydrogens is 931 g/mol. The van der Waals surface area contributed by atoms with Crippen molar-refractivity contribution >= 4 is 82.6 Å². The number of hydrogen-bond donors (Lipinski definition) is 4. The van der Waals surface area contributed by atoms with Crippen LogP contribution < -0.4 is 36.2 Å². The van der Waals surface area contributed by atoms with E-state index < -0.39 is 19.5 Å². The fourth-order valence-electron chi connectivity index (χ4n) is 9.14. The number of nitrogens with one attached hydrogen (secondary N) is 4. The summed E-state index contributed by atoms with van der Waals surface area (Å²) in [7, 11) is 0.694. The maximum absolute atomic E-state index is 13.2. The second-order valence-electron chi connectivity index (χ2n) is 16.9. The van der Waals surface area contributed by atoms with Crippen LogP contribution in [0, 0.1) is 0 Å². The largest absolute Gasteiger partial charge is 0.494 e. The zero-order valence-corrected chi connectivity index (χ0v) is 40.6. The van der Waals surface area contributed by atoms with Crippen molar-refractivity contribution in [3.63, 3.8) is 0 Å². The molecule has 3 fully saturated rings. The van der Waals surface area contributed by atoms with Crippen LogP contribution in [0.4, 0.5) is 34.5 Å². The maximum atomic E-state index is 13.2. The van der Waals surface area contributed by atoms with E-state index in [2.05, 4.69) is 41.0 Å². The number of ether oxygens (including phenoxy) is 3. The molecule has 1 atom stereocenters. The van der Waals surface area contributed by atoms with Crippen LogP contribution in [0.1, 0.15) is 41.6 Å². The summed E-state index contributed by atoms with van der Waals surface area (Å²) in [5.41, 5.74) is 4.33. The quantitative estimate of drug-likeness (QED) is 0.0533. The van der Waals surface area contributed by atoms with Crippen LogP contribution in [0.15, 0.2) is 66.9 Å². The molecule has 4 aliphatic heterocycles. The predicted octanol–water partition coefficient (Wildman–Crippen LogP) is 4.76. The van der Waals surface area contributed by atoms with Gasteiger partial charge >= 0.3 is 7.60 Å². The average Bonchev–Trinajstić information content (AvgIpc) is 3.71.